The third-order valence-electron chi connectivity index (χ3n) is 3.87. The number of benzene rings is 2. The number of alkyl halides is 3. The van der Waals surface area contributed by atoms with Crippen molar-refractivity contribution >= 4 is 34.7 Å². The fraction of sp³-hybridized carbons (Fsp3) is 0.105. The highest BCUT2D eigenvalue weighted by molar-refractivity contribution is 5.94. The topological polar surface area (TPSA) is 105 Å². The second-order valence-corrected chi connectivity index (χ2v) is 5.99. The summed E-state index contributed by atoms with van der Waals surface area (Å²) in [4.78, 5) is 19.3. The van der Waals surface area contributed by atoms with Crippen LogP contribution in [0.3, 0.4) is 0 Å². The van der Waals surface area contributed by atoms with Crippen LogP contribution in [0.2, 0.25) is 0 Å². The number of nitrogen functional groups attached to an aromatic ring is 1. The summed E-state index contributed by atoms with van der Waals surface area (Å²) in [6.07, 6.45) is -3.95. The Hall–Kier alpha value is -3.82. The average Bonchev–Trinajstić information content (AvgIpc) is 2.67. The molecule has 0 bridgehead atoms. The van der Waals surface area contributed by atoms with E-state index in [-0.39, 0.29) is 11.9 Å². The molecule has 0 unspecified atom stereocenters. The van der Waals surface area contributed by atoms with Crippen LogP contribution < -0.4 is 21.7 Å². The van der Waals surface area contributed by atoms with Gasteiger partial charge in [-0.1, -0.05) is 6.07 Å². The molecule has 5 N–H and O–H groups in total. The Morgan fingerprint density at radius 3 is 2.38 bits per heavy atom. The lowest BCUT2D eigenvalue weighted by Crippen LogP contribution is -2.17. The molecule has 0 saturated carbocycles. The van der Waals surface area contributed by atoms with E-state index in [2.05, 4.69) is 25.9 Å². The minimum Gasteiger partial charge on any atom is -0.399 e. The Bertz CT molecular complexity index is 1020. The summed E-state index contributed by atoms with van der Waals surface area (Å²) in [5.74, 6) is -0.712. The Labute approximate surface area is 164 Å². The first-order valence-corrected chi connectivity index (χ1v) is 8.42. The smallest absolute Gasteiger partial charge is 0.399 e. The van der Waals surface area contributed by atoms with E-state index < -0.39 is 17.6 Å². The van der Waals surface area contributed by atoms with E-state index in [1.54, 1.807) is 42.5 Å². The van der Waals surface area contributed by atoms with Gasteiger partial charge < -0.3 is 21.7 Å². The van der Waals surface area contributed by atoms with Crippen molar-refractivity contribution in [2.45, 2.75) is 6.18 Å². The molecule has 0 atom stereocenters. The Balaban J connectivity index is 1.89. The summed E-state index contributed by atoms with van der Waals surface area (Å²) in [6, 6.07) is 12.6. The van der Waals surface area contributed by atoms with Gasteiger partial charge in [-0.2, -0.15) is 18.2 Å². The second-order valence-electron chi connectivity index (χ2n) is 5.99. The van der Waals surface area contributed by atoms with Crippen LogP contribution in [0.1, 0.15) is 15.9 Å². The van der Waals surface area contributed by atoms with Gasteiger partial charge in [0.15, 0.2) is 0 Å². The van der Waals surface area contributed by atoms with Gasteiger partial charge in [0.25, 0.3) is 5.91 Å². The molecule has 0 radical (unpaired) electrons. The normalized spacial score (nSPS) is 11.0. The van der Waals surface area contributed by atoms with Crippen LogP contribution in [0, 0.1) is 0 Å². The number of hydrogen-bond acceptors (Lipinski definition) is 6. The van der Waals surface area contributed by atoms with E-state index in [0.29, 0.717) is 28.8 Å². The van der Waals surface area contributed by atoms with Gasteiger partial charge >= 0.3 is 6.18 Å². The Morgan fingerprint density at radius 2 is 1.76 bits per heavy atom. The second kappa shape index (κ2) is 8.05. The summed E-state index contributed by atoms with van der Waals surface area (Å²) < 4.78 is 40.0. The van der Waals surface area contributed by atoms with Crippen molar-refractivity contribution in [2.75, 3.05) is 23.4 Å². The SMILES string of the molecule is CNC(=O)c1ccc(Nc2ncc(C(F)(F)F)c(Nc3cccc(N)c3)n2)cc1. The molecule has 1 heterocycles. The number of hydrogen-bond donors (Lipinski definition) is 4. The molecule has 150 valence electrons. The Morgan fingerprint density at radius 1 is 1.03 bits per heavy atom. The third kappa shape index (κ3) is 4.92. The van der Waals surface area contributed by atoms with Gasteiger partial charge in [-0.25, -0.2) is 4.98 Å². The monoisotopic (exact) mass is 402 g/mol. The van der Waals surface area contributed by atoms with E-state index in [1.165, 1.54) is 13.1 Å². The molecule has 0 aliphatic heterocycles. The molecule has 0 fully saturated rings. The van der Waals surface area contributed by atoms with Gasteiger partial charge in [0.2, 0.25) is 5.95 Å². The van der Waals surface area contributed by atoms with Crippen LogP contribution in [-0.4, -0.2) is 22.9 Å². The number of halogens is 3. The molecule has 0 aliphatic carbocycles. The lowest BCUT2D eigenvalue weighted by atomic mass is 10.2. The molecule has 1 amide bonds. The summed E-state index contributed by atoms with van der Waals surface area (Å²) >= 11 is 0. The fourth-order valence-electron chi connectivity index (χ4n) is 2.48. The summed E-state index contributed by atoms with van der Waals surface area (Å²) in [7, 11) is 1.51. The first kappa shape index (κ1) is 19.9. The van der Waals surface area contributed by atoms with Crippen molar-refractivity contribution in [3.8, 4) is 0 Å². The standard InChI is InChI=1S/C19H17F3N6O/c1-24-17(29)11-5-7-13(8-6-11)27-18-25-10-15(19(20,21)22)16(28-18)26-14-4-2-3-12(23)9-14/h2-10H,23H2,1H3,(H,24,29)(H2,25,26,27,28). The van der Waals surface area contributed by atoms with Crippen LogP contribution in [-0.2, 0) is 6.18 Å². The van der Waals surface area contributed by atoms with Gasteiger partial charge in [-0.05, 0) is 42.5 Å². The van der Waals surface area contributed by atoms with Crippen LogP contribution >= 0.6 is 0 Å². The number of nitrogens with two attached hydrogens (primary N) is 1. The number of aromatic nitrogens is 2. The number of nitrogens with one attached hydrogen (secondary N) is 3. The molecule has 0 saturated heterocycles. The number of carbonyl (C=O) groups is 1. The number of anilines is 5. The fourth-order valence-corrected chi connectivity index (χ4v) is 2.48. The zero-order valence-electron chi connectivity index (χ0n) is 15.2. The highest BCUT2D eigenvalue weighted by Gasteiger charge is 2.35. The van der Waals surface area contributed by atoms with Gasteiger partial charge in [-0.15, -0.1) is 0 Å². The minimum atomic E-state index is -4.64. The van der Waals surface area contributed by atoms with Crippen molar-refractivity contribution in [3.63, 3.8) is 0 Å². The molecule has 29 heavy (non-hydrogen) atoms. The predicted molar refractivity (Wildman–Crippen MR) is 104 cm³/mol. The number of nitrogens with zero attached hydrogens (tertiary/aromatic N) is 2. The summed E-state index contributed by atoms with van der Waals surface area (Å²) in [5, 5.41) is 7.95. The van der Waals surface area contributed by atoms with Crippen LogP contribution in [0.25, 0.3) is 0 Å². The lowest BCUT2D eigenvalue weighted by molar-refractivity contribution is -0.137. The van der Waals surface area contributed by atoms with E-state index in [9.17, 15) is 18.0 Å². The summed E-state index contributed by atoms with van der Waals surface area (Å²) in [5.41, 5.74) is 6.36. The number of carbonyl (C=O) groups excluding carboxylic acids is 1. The lowest BCUT2D eigenvalue weighted by Gasteiger charge is -2.15. The molecule has 7 nitrogen and oxygen atoms in total. The molecule has 3 aromatic rings. The van der Waals surface area contributed by atoms with Crippen LogP contribution in [0.15, 0.2) is 54.7 Å². The maximum atomic E-state index is 13.3. The van der Waals surface area contributed by atoms with Crippen LogP contribution in [0.5, 0.6) is 0 Å². The maximum Gasteiger partial charge on any atom is 0.421 e. The highest BCUT2D eigenvalue weighted by atomic mass is 19.4. The Kier molecular flexibility index (Phi) is 5.53. The molecular formula is C19H17F3N6O. The van der Waals surface area contributed by atoms with Gasteiger partial charge in [0, 0.05) is 35.9 Å². The molecule has 0 aliphatic rings. The molecule has 1 aromatic heterocycles. The van der Waals surface area contributed by atoms with Crippen molar-refractivity contribution < 1.29 is 18.0 Å². The van der Waals surface area contributed by atoms with Crippen molar-refractivity contribution in [2.24, 2.45) is 0 Å². The number of amides is 1. The zero-order valence-corrected chi connectivity index (χ0v) is 15.2. The molecular weight excluding hydrogens is 385 g/mol. The van der Waals surface area contributed by atoms with Crippen molar-refractivity contribution in [3.05, 3.63) is 65.9 Å². The van der Waals surface area contributed by atoms with Gasteiger partial charge in [-0.3, -0.25) is 4.79 Å². The maximum absolute atomic E-state index is 13.3. The molecule has 2 aromatic carbocycles. The largest absolute Gasteiger partial charge is 0.421 e. The summed E-state index contributed by atoms with van der Waals surface area (Å²) in [6.45, 7) is 0. The van der Waals surface area contributed by atoms with E-state index >= 15 is 0 Å². The first-order valence-electron chi connectivity index (χ1n) is 8.42. The highest BCUT2D eigenvalue weighted by Crippen LogP contribution is 2.35. The average molecular weight is 402 g/mol. The number of rotatable bonds is 5. The molecule has 10 heteroatoms. The van der Waals surface area contributed by atoms with Gasteiger partial charge in [0.1, 0.15) is 11.4 Å². The minimum absolute atomic E-state index is 0.0444. The van der Waals surface area contributed by atoms with Crippen molar-refractivity contribution in [1.29, 1.82) is 0 Å². The van der Waals surface area contributed by atoms with E-state index in [1.807, 2.05) is 0 Å². The molecule has 3 rings (SSSR count). The predicted octanol–water partition coefficient (Wildman–Crippen LogP) is 3.92. The zero-order chi connectivity index (χ0) is 21.0. The molecule has 0 spiro atoms. The third-order valence-corrected chi connectivity index (χ3v) is 3.87. The van der Waals surface area contributed by atoms with Gasteiger partial charge in [0.05, 0.1) is 0 Å². The quantitative estimate of drug-likeness (QED) is 0.482. The van der Waals surface area contributed by atoms with Crippen molar-refractivity contribution in [1.82, 2.24) is 15.3 Å². The first-order chi connectivity index (χ1) is 13.8. The van der Waals surface area contributed by atoms with Crippen LogP contribution in [0.4, 0.5) is 42.0 Å². The van der Waals surface area contributed by atoms with E-state index in [0.717, 1.165) is 0 Å². The van der Waals surface area contributed by atoms with E-state index in [4.69, 9.17) is 5.73 Å².